The molecule has 0 aliphatic rings. The lowest BCUT2D eigenvalue weighted by atomic mass is 10.1. The van der Waals surface area contributed by atoms with Crippen molar-refractivity contribution >= 4 is 5.97 Å². The van der Waals surface area contributed by atoms with E-state index in [0.29, 0.717) is 11.3 Å². The quantitative estimate of drug-likeness (QED) is 0.827. The topological polar surface area (TPSA) is 46.5 Å². The molecule has 0 atom stereocenters. The normalized spacial score (nSPS) is 11.3. The second-order valence-corrected chi connectivity index (χ2v) is 3.85. The van der Waals surface area contributed by atoms with Crippen LogP contribution in [0.5, 0.6) is 5.75 Å². The molecule has 0 unspecified atom stereocenters. The van der Waals surface area contributed by atoms with Crippen LogP contribution in [0.2, 0.25) is 0 Å². The summed E-state index contributed by atoms with van der Waals surface area (Å²) in [7, 11) is 0. The molecule has 0 saturated heterocycles. The van der Waals surface area contributed by atoms with Crippen molar-refractivity contribution in [2.45, 2.75) is 25.9 Å². The van der Waals surface area contributed by atoms with E-state index in [1.807, 2.05) is 0 Å². The van der Waals surface area contributed by atoms with Gasteiger partial charge in [0.05, 0.1) is 12.2 Å². The van der Waals surface area contributed by atoms with Gasteiger partial charge < -0.3 is 9.84 Å². The fraction of sp³-hybridized carbons (Fsp3) is 0.417. The standard InChI is InChI=1S/C12H13F3O3/c1-8-7-9(11(16)17)3-4-10(8)18-6-2-5-12(13,14)15/h3-4,7H,2,5-6H2,1H3,(H,16,17). The van der Waals surface area contributed by atoms with Gasteiger partial charge in [-0.15, -0.1) is 0 Å². The molecular weight excluding hydrogens is 249 g/mol. The third kappa shape index (κ3) is 4.65. The Labute approximate surface area is 102 Å². The van der Waals surface area contributed by atoms with Crippen LogP contribution in [0, 0.1) is 6.92 Å². The summed E-state index contributed by atoms with van der Waals surface area (Å²) in [4.78, 5) is 10.7. The number of ether oxygens (including phenoxy) is 1. The van der Waals surface area contributed by atoms with Gasteiger partial charge in [0, 0.05) is 6.42 Å². The third-order valence-corrected chi connectivity index (χ3v) is 2.28. The lowest BCUT2D eigenvalue weighted by molar-refractivity contribution is -0.136. The Balaban J connectivity index is 2.51. The van der Waals surface area contributed by atoms with Crippen molar-refractivity contribution in [1.29, 1.82) is 0 Å². The molecule has 0 radical (unpaired) electrons. The predicted molar refractivity (Wildman–Crippen MR) is 58.9 cm³/mol. The summed E-state index contributed by atoms with van der Waals surface area (Å²) in [5.41, 5.74) is 0.706. The van der Waals surface area contributed by atoms with E-state index in [4.69, 9.17) is 9.84 Å². The molecule has 0 fully saturated rings. The lowest BCUT2D eigenvalue weighted by Gasteiger charge is -2.10. The van der Waals surface area contributed by atoms with Crippen molar-refractivity contribution in [3.05, 3.63) is 29.3 Å². The van der Waals surface area contributed by atoms with E-state index in [1.54, 1.807) is 6.92 Å². The molecule has 0 aliphatic heterocycles. The largest absolute Gasteiger partial charge is 0.493 e. The summed E-state index contributed by atoms with van der Waals surface area (Å²) in [6.45, 7) is 1.60. The Kier molecular flexibility index (Phi) is 4.58. The minimum absolute atomic E-state index is 0.0488. The van der Waals surface area contributed by atoms with Crippen molar-refractivity contribution in [2.75, 3.05) is 6.61 Å². The van der Waals surface area contributed by atoms with Gasteiger partial charge in [-0.3, -0.25) is 0 Å². The van der Waals surface area contributed by atoms with Crippen LogP contribution in [-0.4, -0.2) is 23.9 Å². The van der Waals surface area contributed by atoms with Gasteiger partial charge in [0.25, 0.3) is 0 Å². The van der Waals surface area contributed by atoms with Crippen LogP contribution in [0.15, 0.2) is 18.2 Å². The number of hydrogen-bond acceptors (Lipinski definition) is 2. The zero-order chi connectivity index (χ0) is 13.8. The van der Waals surface area contributed by atoms with E-state index in [-0.39, 0.29) is 18.6 Å². The zero-order valence-electron chi connectivity index (χ0n) is 9.75. The smallest absolute Gasteiger partial charge is 0.389 e. The van der Waals surface area contributed by atoms with Crippen molar-refractivity contribution in [2.24, 2.45) is 0 Å². The van der Waals surface area contributed by atoms with E-state index in [2.05, 4.69) is 0 Å². The van der Waals surface area contributed by atoms with E-state index in [1.165, 1.54) is 18.2 Å². The van der Waals surface area contributed by atoms with Gasteiger partial charge in [0.2, 0.25) is 0 Å². The molecule has 0 amide bonds. The highest BCUT2D eigenvalue weighted by Gasteiger charge is 2.26. The van der Waals surface area contributed by atoms with E-state index in [9.17, 15) is 18.0 Å². The number of carboxylic acid groups (broad SMARTS) is 1. The van der Waals surface area contributed by atoms with E-state index >= 15 is 0 Å². The molecule has 0 aliphatic carbocycles. The highest BCUT2D eigenvalue weighted by atomic mass is 19.4. The number of hydrogen-bond donors (Lipinski definition) is 1. The maximum Gasteiger partial charge on any atom is 0.389 e. The molecule has 1 aromatic rings. The average Bonchev–Trinajstić information content (AvgIpc) is 2.24. The fourth-order valence-corrected chi connectivity index (χ4v) is 1.40. The van der Waals surface area contributed by atoms with Crippen molar-refractivity contribution in [3.63, 3.8) is 0 Å². The molecule has 18 heavy (non-hydrogen) atoms. The van der Waals surface area contributed by atoms with E-state index in [0.717, 1.165) is 0 Å². The Hall–Kier alpha value is -1.72. The molecule has 1 rings (SSSR count). The van der Waals surface area contributed by atoms with Gasteiger partial charge >= 0.3 is 12.1 Å². The second-order valence-electron chi connectivity index (χ2n) is 3.85. The first-order valence-corrected chi connectivity index (χ1v) is 5.33. The van der Waals surface area contributed by atoms with Gasteiger partial charge in [-0.05, 0) is 37.1 Å². The first kappa shape index (κ1) is 14.3. The van der Waals surface area contributed by atoms with Crippen LogP contribution in [0.4, 0.5) is 13.2 Å². The average molecular weight is 262 g/mol. The minimum atomic E-state index is -4.18. The Morgan fingerprint density at radius 2 is 2.06 bits per heavy atom. The number of aromatic carboxylic acids is 1. The maximum atomic E-state index is 11.9. The number of rotatable bonds is 5. The van der Waals surface area contributed by atoms with Gasteiger partial charge in [-0.25, -0.2) is 4.79 Å². The fourth-order valence-electron chi connectivity index (χ4n) is 1.40. The summed E-state index contributed by atoms with van der Waals surface area (Å²) in [5, 5.41) is 8.74. The molecule has 3 nitrogen and oxygen atoms in total. The summed E-state index contributed by atoms with van der Waals surface area (Å²) in [5.74, 6) is -0.649. The number of carbonyl (C=O) groups is 1. The molecule has 0 bridgehead atoms. The monoisotopic (exact) mass is 262 g/mol. The first-order chi connectivity index (χ1) is 8.29. The van der Waals surface area contributed by atoms with Crippen LogP contribution in [0.25, 0.3) is 0 Å². The number of alkyl halides is 3. The minimum Gasteiger partial charge on any atom is -0.493 e. The SMILES string of the molecule is Cc1cc(C(=O)O)ccc1OCCCC(F)(F)F. The van der Waals surface area contributed by atoms with Crippen LogP contribution in [-0.2, 0) is 0 Å². The lowest BCUT2D eigenvalue weighted by Crippen LogP contribution is -2.10. The van der Waals surface area contributed by atoms with Crippen molar-refractivity contribution in [1.82, 2.24) is 0 Å². The highest BCUT2D eigenvalue weighted by molar-refractivity contribution is 5.88. The van der Waals surface area contributed by atoms with Crippen molar-refractivity contribution < 1.29 is 27.8 Å². The van der Waals surface area contributed by atoms with Crippen LogP contribution < -0.4 is 4.74 Å². The number of aryl methyl sites for hydroxylation is 1. The Bertz CT molecular complexity index is 427. The summed E-state index contributed by atoms with van der Waals surface area (Å²) >= 11 is 0. The molecule has 1 aromatic carbocycles. The molecule has 0 spiro atoms. The molecule has 0 heterocycles. The summed E-state index contributed by atoms with van der Waals surface area (Å²) < 4.78 is 40.8. The maximum absolute atomic E-state index is 11.9. The predicted octanol–water partition coefficient (Wildman–Crippen LogP) is 3.41. The number of halogens is 3. The van der Waals surface area contributed by atoms with Gasteiger partial charge in [0.1, 0.15) is 5.75 Å². The first-order valence-electron chi connectivity index (χ1n) is 5.33. The number of benzene rings is 1. The molecule has 100 valence electrons. The molecular formula is C12H13F3O3. The molecule has 0 saturated carbocycles. The summed E-state index contributed by atoms with van der Waals surface area (Å²) in [6.07, 6.45) is -5.19. The zero-order valence-corrected chi connectivity index (χ0v) is 9.75. The molecule has 1 N–H and O–H groups in total. The Morgan fingerprint density at radius 1 is 1.39 bits per heavy atom. The number of carboxylic acids is 1. The van der Waals surface area contributed by atoms with Gasteiger partial charge in [-0.2, -0.15) is 13.2 Å². The summed E-state index contributed by atoms with van der Waals surface area (Å²) in [6, 6.07) is 4.22. The van der Waals surface area contributed by atoms with Crippen molar-refractivity contribution in [3.8, 4) is 5.75 Å². The van der Waals surface area contributed by atoms with Crippen LogP contribution in [0.1, 0.15) is 28.8 Å². The van der Waals surface area contributed by atoms with Crippen LogP contribution in [0.3, 0.4) is 0 Å². The van der Waals surface area contributed by atoms with E-state index < -0.39 is 18.6 Å². The highest BCUT2D eigenvalue weighted by Crippen LogP contribution is 2.23. The van der Waals surface area contributed by atoms with Gasteiger partial charge in [0.15, 0.2) is 0 Å². The Morgan fingerprint density at radius 3 is 2.56 bits per heavy atom. The molecule has 0 aromatic heterocycles. The van der Waals surface area contributed by atoms with Gasteiger partial charge in [-0.1, -0.05) is 0 Å². The molecule has 6 heteroatoms. The third-order valence-electron chi connectivity index (χ3n) is 2.28. The second kappa shape index (κ2) is 5.75. The van der Waals surface area contributed by atoms with Crippen LogP contribution >= 0.6 is 0 Å².